The molecule has 0 radical (unpaired) electrons. The molecular formula is C10H22O5. The summed E-state index contributed by atoms with van der Waals surface area (Å²) in [7, 11) is 0. The van der Waals surface area contributed by atoms with Crippen molar-refractivity contribution in [3.05, 3.63) is 0 Å². The fourth-order valence-electron chi connectivity index (χ4n) is 0.915. The standard InChI is InChI=1S/C10H22O5/c1-2-3-4-14-8-10(6-12)15-7-9(13)5-11/h9-13H,2-8H2,1H3. The first-order valence-corrected chi connectivity index (χ1v) is 5.33. The lowest BCUT2D eigenvalue weighted by molar-refractivity contribution is -0.0764. The third-order valence-corrected chi connectivity index (χ3v) is 1.88. The molecule has 5 heteroatoms. The molecule has 92 valence electrons. The van der Waals surface area contributed by atoms with E-state index in [2.05, 4.69) is 6.92 Å². The van der Waals surface area contributed by atoms with Crippen molar-refractivity contribution >= 4 is 0 Å². The van der Waals surface area contributed by atoms with E-state index in [1.54, 1.807) is 0 Å². The number of rotatable bonds is 10. The SMILES string of the molecule is CCCCOCC(CO)OCC(O)CO. The van der Waals surface area contributed by atoms with Crippen molar-refractivity contribution in [2.24, 2.45) is 0 Å². The summed E-state index contributed by atoms with van der Waals surface area (Å²) in [6.07, 6.45) is 0.725. The zero-order valence-electron chi connectivity index (χ0n) is 9.26. The molecule has 0 amide bonds. The molecule has 0 aromatic heterocycles. The molecule has 0 aromatic rings. The molecule has 0 rings (SSSR count). The van der Waals surface area contributed by atoms with E-state index >= 15 is 0 Å². The number of aliphatic hydroxyl groups is 3. The van der Waals surface area contributed by atoms with Gasteiger partial charge >= 0.3 is 0 Å². The van der Waals surface area contributed by atoms with Gasteiger partial charge in [-0.2, -0.15) is 0 Å². The summed E-state index contributed by atoms with van der Waals surface area (Å²) >= 11 is 0. The molecule has 2 atom stereocenters. The van der Waals surface area contributed by atoms with Gasteiger partial charge in [0.15, 0.2) is 0 Å². The molecule has 0 aliphatic carbocycles. The van der Waals surface area contributed by atoms with Crippen molar-refractivity contribution in [2.75, 3.05) is 33.0 Å². The highest BCUT2D eigenvalue weighted by Crippen LogP contribution is 1.96. The van der Waals surface area contributed by atoms with Crippen LogP contribution in [0, 0.1) is 0 Å². The Bertz CT molecular complexity index is 131. The van der Waals surface area contributed by atoms with Gasteiger partial charge < -0.3 is 24.8 Å². The van der Waals surface area contributed by atoms with Crippen LogP contribution in [-0.2, 0) is 9.47 Å². The van der Waals surface area contributed by atoms with Crippen molar-refractivity contribution in [1.29, 1.82) is 0 Å². The average Bonchev–Trinajstić information content (AvgIpc) is 2.27. The smallest absolute Gasteiger partial charge is 0.104 e. The average molecular weight is 222 g/mol. The largest absolute Gasteiger partial charge is 0.394 e. The van der Waals surface area contributed by atoms with Crippen LogP contribution in [0.15, 0.2) is 0 Å². The minimum Gasteiger partial charge on any atom is -0.394 e. The molecule has 3 N–H and O–H groups in total. The number of ether oxygens (including phenoxy) is 2. The van der Waals surface area contributed by atoms with E-state index in [0.717, 1.165) is 12.8 Å². The van der Waals surface area contributed by atoms with Gasteiger partial charge in [-0.1, -0.05) is 13.3 Å². The minimum atomic E-state index is -0.894. The lowest BCUT2D eigenvalue weighted by Gasteiger charge is -2.17. The fraction of sp³-hybridized carbons (Fsp3) is 1.00. The predicted octanol–water partition coefficient (Wildman–Crippen LogP) is -0.466. The molecule has 15 heavy (non-hydrogen) atoms. The van der Waals surface area contributed by atoms with Gasteiger partial charge in [0.2, 0.25) is 0 Å². The van der Waals surface area contributed by atoms with E-state index in [0.29, 0.717) is 13.2 Å². The first-order valence-electron chi connectivity index (χ1n) is 5.33. The van der Waals surface area contributed by atoms with Crippen LogP contribution >= 0.6 is 0 Å². The molecule has 0 heterocycles. The second-order valence-corrected chi connectivity index (χ2v) is 3.40. The van der Waals surface area contributed by atoms with E-state index in [4.69, 9.17) is 24.8 Å². The second-order valence-electron chi connectivity index (χ2n) is 3.40. The molecular weight excluding hydrogens is 200 g/mol. The maximum absolute atomic E-state index is 9.01. The number of hydrogen-bond donors (Lipinski definition) is 3. The predicted molar refractivity (Wildman–Crippen MR) is 55.6 cm³/mol. The summed E-state index contributed by atoms with van der Waals surface area (Å²) in [5.74, 6) is 0. The summed E-state index contributed by atoms with van der Waals surface area (Å²) < 4.78 is 10.4. The minimum absolute atomic E-state index is 0.0128. The maximum atomic E-state index is 9.01. The summed E-state index contributed by atoms with van der Waals surface area (Å²) in [5.41, 5.74) is 0. The summed E-state index contributed by atoms with van der Waals surface area (Å²) in [6.45, 7) is 2.56. The maximum Gasteiger partial charge on any atom is 0.104 e. The van der Waals surface area contributed by atoms with E-state index in [-0.39, 0.29) is 19.8 Å². The van der Waals surface area contributed by atoms with Crippen molar-refractivity contribution in [3.63, 3.8) is 0 Å². The van der Waals surface area contributed by atoms with Crippen LogP contribution in [0.2, 0.25) is 0 Å². The van der Waals surface area contributed by atoms with Crippen LogP contribution in [0.5, 0.6) is 0 Å². The zero-order valence-corrected chi connectivity index (χ0v) is 9.26. The van der Waals surface area contributed by atoms with E-state index in [1.165, 1.54) is 0 Å². The number of unbranched alkanes of at least 4 members (excludes halogenated alkanes) is 1. The third kappa shape index (κ3) is 8.77. The highest BCUT2D eigenvalue weighted by Gasteiger charge is 2.10. The molecule has 0 fully saturated rings. The van der Waals surface area contributed by atoms with Gasteiger partial charge in [-0.05, 0) is 6.42 Å². The Morgan fingerprint density at radius 1 is 1.13 bits per heavy atom. The Balaban J connectivity index is 3.46. The van der Waals surface area contributed by atoms with Crippen molar-refractivity contribution in [1.82, 2.24) is 0 Å². The quantitative estimate of drug-likeness (QED) is 0.436. The third-order valence-electron chi connectivity index (χ3n) is 1.88. The Kier molecular flexibility index (Phi) is 10.2. The molecule has 0 saturated heterocycles. The van der Waals surface area contributed by atoms with Gasteiger partial charge in [0.25, 0.3) is 0 Å². The highest BCUT2D eigenvalue weighted by molar-refractivity contribution is 4.57. The molecule has 0 saturated carbocycles. The Morgan fingerprint density at radius 2 is 1.87 bits per heavy atom. The Morgan fingerprint density at radius 3 is 2.40 bits per heavy atom. The molecule has 0 spiro atoms. The van der Waals surface area contributed by atoms with Gasteiger partial charge in [-0.3, -0.25) is 0 Å². The molecule has 0 aliphatic heterocycles. The Labute approximate surface area is 90.6 Å². The summed E-state index contributed by atoms with van der Waals surface area (Å²) in [6, 6.07) is 0. The van der Waals surface area contributed by atoms with Gasteiger partial charge in [-0.25, -0.2) is 0 Å². The lowest BCUT2D eigenvalue weighted by atomic mass is 10.3. The molecule has 0 aliphatic rings. The molecule has 0 bridgehead atoms. The van der Waals surface area contributed by atoms with Crippen molar-refractivity contribution in [3.8, 4) is 0 Å². The first-order chi connectivity index (χ1) is 7.24. The van der Waals surface area contributed by atoms with E-state index < -0.39 is 12.2 Å². The van der Waals surface area contributed by atoms with E-state index in [9.17, 15) is 0 Å². The van der Waals surface area contributed by atoms with Crippen LogP contribution in [0.25, 0.3) is 0 Å². The molecule has 0 aromatic carbocycles. The van der Waals surface area contributed by atoms with Gasteiger partial charge in [0.05, 0.1) is 26.4 Å². The van der Waals surface area contributed by atoms with Crippen LogP contribution < -0.4 is 0 Å². The molecule has 5 nitrogen and oxygen atoms in total. The zero-order chi connectivity index (χ0) is 11.5. The first kappa shape index (κ1) is 14.8. The van der Waals surface area contributed by atoms with E-state index in [1.807, 2.05) is 0 Å². The summed E-state index contributed by atoms with van der Waals surface area (Å²) in [4.78, 5) is 0. The lowest BCUT2D eigenvalue weighted by Crippen LogP contribution is -2.29. The monoisotopic (exact) mass is 222 g/mol. The van der Waals surface area contributed by atoms with Gasteiger partial charge in [0, 0.05) is 6.61 Å². The van der Waals surface area contributed by atoms with Crippen LogP contribution in [0.4, 0.5) is 0 Å². The van der Waals surface area contributed by atoms with Crippen molar-refractivity contribution < 1.29 is 24.8 Å². The summed E-state index contributed by atoms with van der Waals surface area (Å²) in [5, 5.41) is 26.5. The van der Waals surface area contributed by atoms with Gasteiger partial charge in [-0.15, -0.1) is 0 Å². The highest BCUT2D eigenvalue weighted by atomic mass is 16.5. The second kappa shape index (κ2) is 10.3. The number of hydrogen-bond acceptors (Lipinski definition) is 5. The topological polar surface area (TPSA) is 79.2 Å². The van der Waals surface area contributed by atoms with Crippen molar-refractivity contribution in [2.45, 2.75) is 32.0 Å². The van der Waals surface area contributed by atoms with Gasteiger partial charge in [0.1, 0.15) is 12.2 Å². The molecule has 2 unspecified atom stereocenters. The fourth-order valence-corrected chi connectivity index (χ4v) is 0.915. The van der Waals surface area contributed by atoms with Crippen LogP contribution in [0.3, 0.4) is 0 Å². The van der Waals surface area contributed by atoms with Crippen LogP contribution in [0.1, 0.15) is 19.8 Å². The van der Waals surface area contributed by atoms with Crippen LogP contribution in [-0.4, -0.2) is 60.6 Å². The Hall–Kier alpha value is -0.200. The normalized spacial score (nSPS) is 15.2. The number of aliphatic hydroxyl groups excluding tert-OH is 3.